The molecular formula is C8H7BrO4S. The third-order valence-corrected chi connectivity index (χ3v) is 2.62. The smallest absolute Gasteiger partial charge is 0.257 e. The largest absolute Gasteiger partial charge is 0.298 e. The molecule has 1 aromatic rings. The molecule has 0 atom stereocenters. The van der Waals surface area contributed by atoms with Crippen LogP contribution in [0.15, 0.2) is 22.7 Å². The number of hydrogen-bond acceptors (Lipinski definition) is 4. The summed E-state index contributed by atoms with van der Waals surface area (Å²) < 4.78 is 25.4. The molecule has 0 amide bonds. The summed E-state index contributed by atoms with van der Waals surface area (Å²) in [5, 5.41) is 0. The minimum Gasteiger partial charge on any atom is -0.298 e. The third-order valence-electron chi connectivity index (χ3n) is 1.54. The average molecular weight is 279 g/mol. The van der Waals surface area contributed by atoms with Gasteiger partial charge in [-0.15, -0.1) is 0 Å². The number of benzene rings is 1. The number of carbonyl (C=O) groups is 1. The van der Waals surface area contributed by atoms with Gasteiger partial charge in [-0.3, -0.25) is 8.98 Å². The zero-order chi connectivity index (χ0) is 10.6. The van der Waals surface area contributed by atoms with Crippen LogP contribution in [-0.4, -0.2) is 14.7 Å². The first-order chi connectivity index (χ1) is 6.63. The summed E-state index contributed by atoms with van der Waals surface area (Å²) in [6.45, 7) is -0.0293. The normalized spacial score (nSPS) is 10.4. The highest BCUT2D eigenvalue weighted by atomic mass is 79.9. The molecule has 1 rings (SSSR count). The van der Waals surface area contributed by atoms with Crippen molar-refractivity contribution in [2.45, 2.75) is 6.61 Å². The predicted molar refractivity (Wildman–Crippen MR) is 54.6 cm³/mol. The number of thiol groups is 1. The average Bonchev–Trinajstić information content (AvgIpc) is 2.15. The first-order valence-electron chi connectivity index (χ1n) is 3.64. The van der Waals surface area contributed by atoms with Crippen molar-refractivity contribution in [2.75, 3.05) is 0 Å². The second kappa shape index (κ2) is 5.23. The second-order valence-corrected chi connectivity index (χ2v) is 4.03. The van der Waals surface area contributed by atoms with Gasteiger partial charge in [0.05, 0.1) is 6.61 Å². The standard InChI is InChI=1S/C8H7BrO4S/c9-8-3-6(4-10)1-2-7(8)5-13-14(11)12/h1-4,14H,5H2. The molecule has 0 fully saturated rings. The van der Waals surface area contributed by atoms with Crippen LogP contribution in [0.2, 0.25) is 0 Å². The van der Waals surface area contributed by atoms with Crippen molar-refractivity contribution in [2.24, 2.45) is 0 Å². The van der Waals surface area contributed by atoms with Crippen LogP contribution in [0.4, 0.5) is 0 Å². The lowest BCUT2D eigenvalue weighted by Gasteiger charge is -2.02. The highest BCUT2D eigenvalue weighted by Gasteiger charge is 2.01. The lowest BCUT2D eigenvalue weighted by molar-refractivity contribution is 0.112. The van der Waals surface area contributed by atoms with Gasteiger partial charge in [0.25, 0.3) is 11.0 Å². The Balaban J connectivity index is 2.83. The highest BCUT2D eigenvalue weighted by molar-refractivity contribution is 9.10. The van der Waals surface area contributed by atoms with Crippen molar-refractivity contribution in [3.05, 3.63) is 33.8 Å². The minimum atomic E-state index is -2.84. The molecule has 0 saturated carbocycles. The SMILES string of the molecule is O=Cc1ccc(CO[SH](=O)=O)c(Br)c1. The fourth-order valence-electron chi connectivity index (χ4n) is 0.876. The molecule has 1 aromatic carbocycles. The number of rotatable bonds is 4. The van der Waals surface area contributed by atoms with E-state index >= 15 is 0 Å². The van der Waals surface area contributed by atoms with Gasteiger partial charge in [0.15, 0.2) is 0 Å². The fourth-order valence-corrected chi connectivity index (χ4v) is 1.63. The van der Waals surface area contributed by atoms with E-state index < -0.39 is 11.0 Å². The maximum absolute atomic E-state index is 10.4. The molecule has 6 heteroatoms. The highest BCUT2D eigenvalue weighted by Crippen LogP contribution is 2.18. The maximum atomic E-state index is 10.4. The predicted octanol–water partition coefficient (Wildman–Crippen LogP) is 1.30. The van der Waals surface area contributed by atoms with E-state index in [1.807, 2.05) is 0 Å². The zero-order valence-corrected chi connectivity index (χ0v) is 9.46. The van der Waals surface area contributed by atoms with Gasteiger partial charge >= 0.3 is 0 Å². The van der Waals surface area contributed by atoms with Gasteiger partial charge in [-0.1, -0.05) is 28.1 Å². The van der Waals surface area contributed by atoms with Crippen LogP contribution in [0.25, 0.3) is 0 Å². The van der Waals surface area contributed by atoms with Crippen LogP contribution in [0.1, 0.15) is 15.9 Å². The first-order valence-corrected chi connectivity index (χ1v) is 5.53. The molecule has 0 saturated heterocycles. The summed E-state index contributed by atoms with van der Waals surface area (Å²) in [5.74, 6) is 0. The summed E-state index contributed by atoms with van der Waals surface area (Å²) in [6.07, 6.45) is 0.712. The van der Waals surface area contributed by atoms with Crippen LogP contribution in [0, 0.1) is 0 Å². The van der Waals surface area contributed by atoms with E-state index in [1.165, 1.54) is 0 Å². The lowest BCUT2D eigenvalue weighted by Crippen LogP contribution is -1.93. The van der Waals surface area contributed by atoms with Crippen molar-refractivity contribution >= 4 is 33.2 Å². The molecule has 0 radical (unpaired) electrons. The van der Waals surface area contributed by atoms with Crippen LogP contribution in [-0.2, 0) is 21.8 Å². The Morgan fingerprint density at radius 1 is 1.43 bits per heavy atom. The molecule has 0 aliphatic rings. The van der Waals surface area contributed by atoms with Gasteiger partial charge < -0.3 is 0 Å². The summed E-state index contributed by atoms with van der Waals surface area (Å²) in [4.78, 5) is 10.4. The molecule has 0 aliphatic heterocycles. The molecule has 0 aromatic heterocycles. The molecule has 0 unspecified atom stereocenters. The van der Waals surface area contributed by atoms with Crippen molar-refractivity contribution in [3.63, 3.8) is 0 Å². The molecular weight excluding hydrogens is 272 g/mol. The molecule has 0 N–H and O–H groups in total. The summed E-state index contributed by atoms with van der Waals surface area (Å²) in [7, 11) is -2.84. The lowest BCUT2D eigenvalue weighted by atomic mass is 10.2. The quantitative estimate of drug-likeness (QED) is 0.666. The molecule has 0 heterocycles. The molecule has 14 heavy (non-hydrogen) atoms. The summed E-state index contributed by atoms with van der Waals surface area (Å²) in [5.41, 5.74) is 1.20. The summed E-state index contributed by atoms with van der Waals surface area (Å²) >= 11 is 3.20. The Bertz CT molecular complexity index is 406. The number of hydrogen-bond donors (Lipinski definition) is 1. The molecule has 0 aliphatic carbocycles. The van der Waals surface area contributed by atoms with Gasteiger partial charge in [0.1, 0.15) is 6.29 Å². The molecule has 0 bridgehead atoms. The number of halogens is 1. The van der Waals surface area contributed by atoms with Crippen molar-refractivity contribution < 1.29 is 17.4 Å². The van der Waals surface area contributed by atoms with Crippen LogP contribution in [0.5, 0.6) is 0 Å². The Kier molecular flexibility index (Phi) is 4.24. The van der Waals surface area contributed by atoms with Crippen molar-refractivity contribution in [1.29, 1.82) is 0 Å². The van der Waals surface area contributed by atoms with E-state index in [2.05, 4.69) is 20.1 Å². The van der Waals surface area contributed by atoms with E-state index in [-0.39, 0.29) is 6.61 Å². The van der Waals surface area contributed by atoms with Gasteiger partial charge in [0, 0.05) is 10.0 Å². The molecule has 4 nitrogen and oxygen atoms in total. The maximum Gasteiger partial charge on any atom is 0.257 e. The van der Waals surface area contributed by atoms with E-state index in [0.29, 0.717) is 21.9 Å². The van der Waals surface area contributed by atoms with Gasteiger partial charge in [-0.25, -0.2) is 8.42 Å². The van der Waals surface area contributed by atoms with E-state index in [1.54, 1.807) is 18.2 Å². The van der Waals surface area contributed by atoms with Gasteiger partial charge in [-0.2, -0.15) is 0 Å². The third kappa shape index (κ3) is 3.21. The monoisotopic (exact) mass is 278 g/mol. The van der Waals surface area contributed by atoms with Gasteiger partial charge in [-0.05, 0) is 11.6 Å². The Labute approximate surface area is 91.2 Å². The molecule has 76 valence electrons. The van der Waals surface area contributed by atoms with E-state index in [9.17, 15) is 13.2 Å². The Hall–Kier alpha value is -0.720. The van der Waals surface area contributed by atoms with Crippen LogP contribution in [0.3, 0.4) is 0 Å². The summed E-state index contributed by atoms with van der Waals surface area (Å²) in [6, 6.07) is 4.82. The van der Waals surface area contributed by atoms with Crippen LogP contribution >= 0.6 is 15.9 Å². The first kappa shape index (κ1) is 11.4. The number of carbonyl (C=O) groups excluding carboxylic acids is 1. The Morgan fingerprint density at radius 3 is 2.64 bits per heavy atom. The number of aldehydes is 1. The van der Waals surface area contributed by atoms with Crippen LogP contribution < -0.4 is 0 Å². The van der Waals surface area contributed by atoms with Gasteiger partial charge in [0.2, 0.25) is 0 Å². The molecule has 0 spiro atoms. The van der Waals surface area contributed by atoms with Crippen molar-refractivity contribution in [1.82, 2.24) is 0 Å². The second-order valence-electron chi connectivity index (χ2n) is 2.47. The zero-order valence-electron chi connectivity index (χ0n) is 6.97. The fraction of sp³-hybridized carbons (Fsp3) is 0.125. The Morgan fingerprint density at radius 2 is 2.14 bits per heavy atom. The topological polar surface area (TPSA) is 60.4 Å². The van der Waals surface area contributed by atoms with E-state index in [4.69, 9.17) is 0 Å². The van der Waals surface area contributed by atoms with Crippen molar-refractivity contribution in [3.8, 4) is 0 Å². The van der Waals surface area contributed by atoms with E-state index in [0.717, 1.165) is 0 Å². The minimum absolute atomic E-state index is 0.0293.